The van der Waals surface area contributed by atoms with Gasteiger partial charge >= 0.3 is 0 Å². The molecule has 2 aromatic carbocycles. The molecule has 0 aliphatic heterocycles. The van der Waals surface area contributed by atoms with Crippen molar-refractivity contribution in [3.63, 3.8) is 0 Å². The largest absolute Gasteiger partial charge is 0.263 e. The third-order valence-electron chi connectivity index (χ3n) is 4.54. The molecule has 0 atom stereocenters. The number of nitrogens with one attached hydrogen (secondary N) is 1. The van der Waals surface area contributed by atoms with Crippen LogP contribution in [0, 0.1) is 26.7 Å². The van der Waals surface area contributed by atoms with Crippen LogP contribution in [0.4, 0.5) is 5.82 Å². The van der Waals surface area contributed by atoms with Crippen molar-refractivity contribution in [3.8, 4) is 5.69 Å². The second kappa shape index (κ2) is 7.80. The third kappa shape index (κ3) is 4.28. The first-order valence-corrected chi connectivity index (χ1v) is 10.9. The van der Waals surface area contributed by atoms with Crippen LogP contribution in [0.5, 0.6) is 0 Å². The van der Waals surface area contributed by atoms with E-state index in [-0.39, 0.29) is 4.90 Å². The summed E-state index contributed by atoms with van der Waals surface area (Å²) in [7, 11) is -3.68. The summed E-state index contributed by atoms with van der Waals surface area (Å²) in [6.07, 6.45) is 0.798. The van der Waals surface area contributed by atoms with Crippen LogP contribution in [0.3, 0.4) is 0 Å². The van der Waals surface area contributed by atoms with Crippen molar-refractivity contribution < 1.29 is 8.42 Å². The van der Waals surface area contributed by atoms with Crippen molar-refractivity contribution in [1.82, 2.24) is 9.78 Å². The van der Waals surface area contributed by atoms with Crippen molar-refractivity contribution in [2.24, 2.45) is 5.92 Å². The SMILES string of the molecule is Cc1cc(C)c(-n2nc(NS(=O)(=O)c3ccccc3)cc2CC(C)C)c(C)c1. The number of hydrogen-bond donors (Lipinski definition) is 1. The van der Waals surface area contributed by atoms with Gasteiger partial charge in [-0.15, -0.1) is 5.10 Å². The van der Waals surface area contributed by atoms with Gasteiger partial charge in [-0.05, 0) is 56.4 Å². The van der Waals surface area contributed by atoms with E-state index in [2.05, 4.69) is 56.6 Å². The summed E-state index contributed by atoms with van der Waals surface area (Å²) in [5.41, 5.74) is 5.41. The molecule has 3 aromatic rings. The van der Waals surface area contributed by atoms with Gasteiger partial charge in [0, 0.05) is 11.8 Å². The lowest BCUT2D eigenvalue weighted by Gasteiger charge is -2.15. The molecule has 0 unspecified atom stereocenters. The quantitative estimate of drug-likeness (QED) is 0.650. The smallest absolute Gasteiger partial charge is 0.262 e. The van der Waals surface area contributed by atoms with Crippen LogP contribution >= 0.6 is 0 Å². The highest BCUT2D eigenvalue weighted by Crippen LogP contribution is 2.26. The summed E-state index contributed by atoms with van der Waals surface area (Å²) in [5.74, 6) is 0.749. The Hall–Kier alpha value is -2.60. The summed E-state index contributed by atoms with van der Waals surface area (Å²) in [6.45, 7) is 10.5. The minimum Gasteiger partial charge on any atom is -0.262 e. The van der Waals surface area contributed by atoms with Gasteiger partial charge in [-0.2, -0.15) is 0 Å². The summed E-state index contributed by atoms with van der Waals surface area (Å²) in [5, 5.41) is 4.62. The molecular formula is C22H27N3O2S. The minimum atomic E-state index is -3.68. The maximum Gasteiger partial charge on any atom is 0.263 e. The molecule has 0 aliphatic rings. The highest BCUT2D eigenvalue weighted by molar-refractivity contribution is 7.92. The standard InChI is InChI=1S/C22H27N3O2S/c1-15(2)11-19-14-21(24-28(26,27)20-9-7-6-8-10-20)23-25(19)22-17(4)12-16(3)13-18(22)5/h6-10,12-15H,11H2,1-5H3,(H,23,24). The van der Waals surface area contributed by atoms with Crippen molar-refractivity contribution >= 4 is 15.8 Å². The highest BCUT2D eigenvalue weighted by Gasteiger charge is 2.19. The van der Waals surface area contributed by atoms with Gasteiger partial charge in [0.25, 0.3) is 10.0 Å². The first-order valence-electron chi connectivity index (χ1n) is 9.42. The van der Waals surface area contributed by atoms with Gasteiger partial charge in [0.2, 0.25) is 0 Å². The summed E-state index contributed by atoms with van der Waals surface area (Å²) >= 11 is 0. The molecule has 28 heavy (non-hydrogen) atoms. The van der Waals surface area contributed by atoms with Crippen molar-refractivity contribution in [3.05, 3.63) is 70.9 Å². The number of rotatable bonds is 6. The molecular weight excluding hydrogens is 370 g/mol. The lowest BCUT2D eigenvalue weighted by atomic mass is 10.0. The molecule has 0 radical (unpaired) electrons. The monoisotopic (exact) mass is 397 g/mol. The van der Waals surface area contributed by atoms with Crippen LogP contribution in [-0.4, -0.2) is 18.2 Å². The van der Waals surface area contributed by atoms with Crippen LogP contribution < -0.4 is 4.72 Å². The van der Waals surface area contributed by atoms with Crippen LogP contribution in [0.1, 0.15) is 36.2 Å². The first kappa shape index (κ1) is 20.1. The molecule has 5 nitrogen and oxygen atoms in total. The molecule has 148 valence electrons. The second-order valence-electron chi connectivity index (χ2n) is 7.70. The van der Waals surface area contributed by atoms with Gasteiger partial charge in [0.1, 0.15) is 0 Å². The van der Waals surface area contributed by atoms with E-state index in [1.807, 2.05) is 10.7 Å². The van der Waals surface area contributed by atoms with E-state index < -0.39 is 10.0 Å². The molecule has 0 spiro atoms. The average Bonchev–Trinajstić information content (AvgIpc) is 2.95. The van der Waals surface area contributed by atoms with E-state index in [0.29, 0.717) is 11.7 Å². The Labute approximate surface area is 167 Å². The Morgan fingerprint density at radius 2 is 1.61 bits per heavy atom. The minimum absolute atomic E-state index is 0.220. The zero-order chi connectivity index (χ0) is 20.5. The molecule has 3 rings (SSSR count). The number of hydrogen-bond acceptors (Lipinski definition) is 3. The van der Waals surface area contributed by atoms with Crippen LogP contribution in [-0.2, 0) is 16.4 Å². The predicted octanol–water partition coefficient (Wildman–Crippen LogP) is 4.80. The van der Waals surface area contributed by atoms with Crippen molar-refractivity contribution in [1.29, 1.82) is 0 Å². The number of aryl methyl sites for hydroxylation is 3. The van der Waals surface area contributed by atoms with Gasteiger partial charge < -0.3 is 0 Å². The van der Waals surface area contributed by atoms with Gasteiger partial charge in [-0.1, -0.05) is 49.7 Å². The predicted molar refractivity (Wildman–Crippen MR) is 114 cm³/mol. The van der Waals surface area contributed by atoms with E-state index in [0.717, 1.165) is 28.9 Å². The fraction of sp³-hybridized carbons (Fsp3) is 0.318. The van der Waals surface area contributed by atoms with Gasteiger partial charge in [-0.3, -0.25) is 4.72 Å². The molecule has 0 bridgehead atoms. The Morgan fingerprint density at radius 1 is 1.00 bits per heavy atom. The maximum absolute atomic E-state index is 12.7. The number of sulfonamides is 1. The van der Waals surface area contributed by atoms with Crippen molar-refractivity contribution in [2.75, 3.05) is 4.72 Å². The van der Waals surface area contributed by atoms with Gasteiger partial charge in [-0.25, -0.2) is 13.1 Å². The van der Waals surface area contributed by atoms with Crippen LogP contribution in [0.2, 0.25) is 0 Å². The fourth-order valence-corrected chi connectivity index (χ4v) is 4.54. The molecule has 0 saturated heterocycles. The van der Waals surface area contributed by atoms with E-state index in [1.54, 1.807) is 30.3 Å². The van der Waals surface area contributed by atoms with Crippen LogP contribution in [0.15, 0.2) is 53.4 Å². The van der Waals surface area contributed by atoms with Gasteiger partial charge in [0.05, 0.1) is 10.6 Å². The Kier molecular flexibility index (Phi) is 5.61. The Balaban J connectivity index is 2.07. The first-order chi connectivity index (χ1) is 13.2. The fourth-order valence-electron chi connectivity index (χ4n) is 3.53. The number of aromatic nitrogens is 2. The molecule has 1 N–H and O–H groups in total. The molecule has 0 fully saturated rings. The maximum atomic E-state index is 12.7. The van der Waals surface area contributed by atoms with E-state index in [4.69, 9.17) is 0 Å². The van der Waals surface area contributed by atoms with E-state index in [9.17, 15) is 8.42 Å². The van der Waals surface area contributed by atoms with Gasteiger partial charge in [0.15, 0.2) is 5.82 Å². The molecule has 0 aliphatic carbocycles. The topological polar surface area (TPSA) is 64.0 Å². The zero-order valence-corrected chi connectivity index (χ0v) is 17.8. The highest BCUT2D eigenvalue weighted by atomic mass is 32.2. The van der Waals surface area contributed by atoms with Crippen molar-refractivity contribution in [2.45, 2.75) is 45.9 Å². The second-order valence-corrected chi connectivity index (χ2v) is 9.38. The Morgan fingerprint density at radius 3 is 2.18 bits per heavy atom. The summed E-state index contributed by atoms with van der Waals surface area (Å²) in [4.78, 5) is 0.220. The summed E-state index contributed by atoms with van der Waals surface area (Å²) < 4.78 is 29.9. The zero-order valence-electron chi connectivity index (χ0n) is 17.0. The summed E-state index contributed by atoms with van der Waals surface area (Å²) in [6, 6.07) is 14.4. The number of nitrogens with zero attached hydrogens (tertiary/aromatic N) is 2. The average molecular weight is 398 g/mol. The molecule has 0 amide bonds. The lowest BCUT2D eigenvalue weighted by Crippen LogP contribution is -2.13. The van der Waals surface area contributed by atoms with Crippen LogP contribution in [0.25, 0.3) is 5.69 Å². The normalized spacial score (nSPS) is 11.8. The number of benzene rings is 2. The lowest BCUT2D eigenvalue weighted by molar-refractivity contribution is 0.600. The molecule has 1 heterocycles. The molecule has 6 heteroatoms. The third-order valence-corrected chi connectivity index (χ3v) is 5.91. The Bertz CT molecular complexity index is 1060. The molecule has 0 saturated carbocycles. The van der Waals surface area contributed by atoms with E-state index >= 15 is 0 Å². The molecule has 1 aromatic heterocycles. The van der Waals surface area contributed by atoms with E-state index in [1.165, 1.54) is 5.56 Å². The number of anilines is 1.